The summed E-state index contributed by atoms with van der Waals surface area (Å²) in [6.07, 6.45) is -4.41. The van der Waals surface area contributed by atoms with E-state index in [9.17, 15) is 18.0 Å². The van der Waals surface area contributed by atoms with Crippen molar-refractivity contribution < 1.29 is 22.7 Å². The first-order chi connectivity index (χ1) is 6.99. The number of hydrogen-bond acceptors (Lipinski definition) is 3. The minimum atomic E-state index is -4.41. The highest BCUT2D eigenvalue weighted by Crippen LogP contribution is 2.34. The first kappa shape index (κ1) is 11.4. The molecule has 0 unspecified atom stereocenters. The summed E-state index contributed by atoms with van der Waals surface area (Å²) >= 11 is 0. The predicted molar refractivity (Wildman–Crippen MR) is 47.7 cm³/mol. The maximum Gasteiger partial charge on any atom is 0.416 e. The number of halogens is 3. The van der Waals surface area contributed by atoms with Crippen molar-refractivity contribution in [2.24, 2.45) is 0 Å². The van der Waals surface area contributed by atoms with Gasteiger partial charge in [0.25, 0.3) is 6.47 Å². The number of carbonyl (C=O) groups is 1. The third kappa shape index (κ3) is 2.61. The van der Waals surface area contributed by atoms with Gasteiger partial charge in [0.15, 0.2) is 5.75 Å². The van der Waals surface area contributed by atoms with Crippen molar-refractivity contribution in [1.82, 2.24) is 0 Å². The van der Waals surface area contributed by atoms with Gasteiger partial charge in [0, 0.05) is 7.05 Å². The standard InChI is InChI=1S/C9H8F3NO2/c1-13-7-4-6(9(10,11)12)2-3-8(7)15-5-14/h2-5,13H,1H3. The molecule has 0 aliphatic heterocycles. The Labute approximate surface area is 83.8 Å². The Hall–Kier alpha value is -1.72. The highest BCUT2D eigenvalue weighted by molar-refractivity contribution is 5.62. The average molecular weight is 219 g/mol. The normalized spacial score (nSPS) is 10.9. The van der Waals surface area contributed by atoms with E-state index in [1.54, 1.807) is 0 Å². The molecular weight excluding hydrogens is 211 g/mol. The lowest BCUT2D eigenvalue weighted by Crippen LogP contribution is -2.06. The SMILES string of the molecule is CNc1cc(C(F)(F)F)ccc1OC=O. The molecule has 0 aromatic heterocycles. The van der Waals surface area contributed by atoms with E-state index in [1.165, 1.54) is 7.05 Å². The van der Waals surface area contributed by atoms with Gasteiger partial charge in [-0.1, -0.05) is 0 Å². The highest BCUT2D eigenvalue weighted by Gasteiger charge is 2.31. The molecule has 6 heteroatoms. The Morgan fingerprint density at radius 3 is 2.53 bits per heavy atom. The molecule has 0 aliphatic rings. The minimum absolute atomic E-state index is 0.0560. The van der Waals surface area contributed by atoms with Crippen LogP contribution in [0.1, 0.15) is 5.56 Å². The molecule has 0 saturated carbocycles. The second kappa shape index (κ2) is 4.20. The third-order valence-corrected chi connectivity index (χ3v) is 1.75. The average Bonchev–Trinajstić information content (AvgIpc) is 2.17. The molecule has 0 radical (unpaired) electrons. The molecule has 0 saturated heterocycles. The van der Waals surface area contributed by atoms with E-state index in [-0.39, 0.29) is 17.9 Å². The topological polar surface area (TPSA) is 38.3 Å². The molecule has 1 aromatic carbocycles. The number of rotatable bonds is 3. The van der Waals surface area contributed by atoms with Gasteiger partial charge in [-0.05, 0) is 18.2 Å². The van der Waals surface area contributed by atoms with Gasteiger partial charge >= 0.3 is 6.18 Å². The number of hydrogen-bond donors (Lipinski definition) is 1. The smallest absolute Gasteiger partial charge is 0.416 e. The largest absolute Gasteiger partial charge is 0.427 e. The fourth-order valence-electron chi connectivity index (χ4n) is 1.06. The van der Waals surface area contributed by atoms with Crippen LogP contribution < -0.4 is 10.1 Å². The summed E-state index contributed by atoms with van der Waals surface area (Å²) in [6.45, 7) is 0.156. The Kier molecular flexibility index (Phi) is 3.18. The summed E-state index contributed by atoms with van der Waals surface area (Å²) in [6, 6.07) is 2.81. The zero-order chi connectivity index (χ0) is 11.5. The second-order valence-corrected chi connectivity index (χ2v) is 2.67. The van der Waals surface area contributed by atoms with Gasteiger partial charge in [-0.3, -0.25) is 4.79 Å². The Morgan fingerprint density at radius 2 is 2.07 bits per heavy atom. The van der Waals surface area contributed by atoms with Crippen LogP contribution in [0.15, 0.2) is 18.2 Å². The molecule has 1 N–H and O–H groups in total. The van der Waals surface area contributed by atoms with Crippen LogP contribution in [-0.4, -0.2) is 13.5 Å². The number of alkyl halides is 3. The number of benzene rings is 1. The van der Waals surface area contributed by atoms with E-state index in [0.29, 0.717) is 0 Å². The van der Waals surface area contributed by atoms with E-state index in [4.69, 9.17) is 0 Å². The zero-order valence-electron chi connectivity index (χ0n) is 7.76. The van der Waals surface area contributed by atoms with Crippen LogP contribution in [0.25, 0.3) is 0 Å². The van der Waals surface area contributed by atoms with Crippen molar-refractivity contribution in [3.05, 3.63) is 23.8 Å². The second-order valence-electron chi connectivity index (χ2n) is 2.67. The van der Waals surface area contributed by atoms with Crippen LogP contribution >= 0.6 is 0 Å². The number of anilines is 1. The number of carbonyl (C=O) groups excluding carboxylic acids is 1. The molecule has 1 aromatic rings. The predicted octanol–water partition coefficient (Wildman–Crippen LogP) is 2.28. The van der Waals surface area contributed by atoms with E-state index < -0.39 is 11.7 Å². The molecule has 0 aliphatic carbocycles. The molecule has 0 atom stereocenters. The van der Waals surface area contributed by atoms with Crippen molar-refractivity contribution in [2.45, 2.75) is 6.18 Å². The summed E-state index contributed by atoms with van der Waals surface area (Å²) < 4.78 is 41.3. The van der Waals surface area contributed by atoms with E-state index in [2.05, 4.69) is 10.1 Å². The Balaban J connectivity index is 3.13. The van der Waals surface area contributed by atoms with Crippen LogP contribution in [0.3, 0.4) is 0 Å². The Bertz CT molecular complexity index is 363. The van der Waals surface area contributed by atoms with Crippen LogP contribution in [-0.2, 0) is 11.0 Å². The maximum atomic E-state index is 12.3. The summed E-state index contributed by atoms with van der Waals surface area (Å²) in [7, 11) is 1.44. The molecule has 82 valence electrons. The summed E-state index contributed by atoms with van der Waals surface area (Å²) in [5.74, 6) is 0.0560. The van der Waals surface area contributed by atoms with Crippen LogP contribution in [0.4, 0.5) is 18.9 Å². The molecule has 15 heavy (non-hydrogen) atoms. The summed E-state index contributed by atoms with van der Waals surface area (Å²) in [5.41, 5.74) is -0.693. The molecule has 1 rings (SSSR count). The molecule has 0 bridgehead atoms. The van der Waals surface area contributed by atoms with Crippen LogP contribution in [0.2, 0.25) is 0 Å². The van der Waals surface area contributed by atoms with Gasteiger partial charge in [-0.15, -0.1) is 0 Å². The van der Waals surface area contributed by atoms with Gasteiger partial charge in [0.2, 0.25) is 0 Å². The summed E-state index contributed by atoms with van der Waals surface area (Å²) in [5, 5.41) is 2.51. The fraction of sp³-hybridized carbons (Fsp3) is 0.222. The van der Waals surface area contributed by atoms with Crippen LogP contribution in [0, 0.1) is 0 Å². The fourth-order valence-corrected chi connectivity index (χ4v) is 1.06. The molecule has 3 nitrogen and oxygen atoms in total. The van der Waals surface area contributed by atoms with Crippen molar-refractivity contribution in [1.29, 1.82) is 0 Å². The molecule has 0 spiro atoms. The zero-order valence-corrected chi connectivity index (χ0v) is 7.76. The molecule has 0 heterocycles. The third-order valence-electron chi connectivity index (χ3n) is 1.75. The minimum Gasteiger partial charge on any atom is -0.427 e. The first-order valence-electron chi connectivity index (χ1n) is 3.98. The Morgan fingerprint density at radius 1 is 1.40 bits per heavy atom. The lowest BCUT2D eigenvalue weighted by atomic mass is 10.2. The van der Waals surface area contributed by atoms with Crippen molar-refractivity contribution >= 4 is 12.2 Å². The van der Waals surface area contributed by atoms with Crippen molar-refractivity contribution in [3.8, 4) is 5.75 Å². The molecule has 0 amide bonds. The van der Waals surface area contributed by atoms with Gasteiger partial charge in [0.05, 0.1) is 11.3 Å². The lowest BCUT2D eigenvalue weighted by Gasteiger charge is -2.11. The van der Waals surface area contributed by atoms with E-state index >= 15 is 0 Å². The van der Waals surface area contributed by atoms with Gasteiger partial charge in [0.1, 0.15) is 0 Å². The molecular formula is C9H8F3NO2. The number of ether oxygens (including phenoxy) is 1. The highest BCUT2D eigenvalue weighted by atomic mass is 19.4. The van der Waals surface area contributed by atoms with E-state index in [1.807, 2.05) is 0 Å². The number of nitrogens with one attached hydrogen (secondary N) is 1. The first-order valence-corrected chi connectivity index (χ1v) is 3.98. The molecule has 0 fully saturated rings. The van der Waals surface area contributed by atoms with Crippen molar-refractivity contribution in [3.63, 3.8) is 0 Å². The van der Waals surface area contributed by atoms with E-state index in [0.717, 1.165) is 18.2 Å². The van der Waals surface area contributed by atoms with Crippen LogP contribution in [0.5, 0.6) is 5.75 Å². The lowest BCUT2D eigenvalue weighted by molar-refractivity contribution is -0.137. The monoisotopic (exact) mass is 219 g/mol. The van der Waals surface area contributed by atoms with Gasteiger partial charge < -0.3 is 10.1 Å². The quantitative estimate of drug-likeness (QED) is 0.792. The van der Waals surface area contributed by atoms with Crippen molar-refractivity contribution in [2.75, 3.05) is 12.4 Å². The van der Waals surface area contributed by atoms with Gasteiger partial charge in [-0.2, -0.15) is 13.2 Å². The van der Waals surface area contributed by atoms with Gasteiger partial charge in [-0.25, -0.2) is 0 Å². The maximum absolute atomic E-state index is 12.3. The summed E-state index contributed by atoms with van der Waals surface area (Å²) in [4.78, 5) is 10.1.